The zero-order chi connectivity index (χ0) is 19.3. The van der Waals surface area contributed by atoms with Gasteiger partial charge in [0.1, 0.15) is 0 Å². The Morgan fingerprint density at radius 2 is 1.71 bits per heavy atom. The molecule has 1 fully saturated rings. The van der Waals surface area contributed by atoms with E-state index in [1.165, 1.54) is 0 Å². The Kier molecular flexibility index (Phi) is 5.91. The van der Waals surface area contributed by atoms with Crippen LogP contribution in [-0.4, -0.2) is 43.7 Å². The normalized spacial score (nSPS) is 16.0. The fraction of sp³-hybridized carbons (Fsp3) is 0.261. The first-order chi connectivity index (χ1) is 13.7. The summed E-state index contributed by atoms with van der Waals surface area (Å²) in [5, 5.41) is 5.88. The molecule has 0 aliphatic carbocycles. The summed E-state index contributed by atoms with van der Waals surface area (Å²) in [5.41, 5.74) is 1.72. The summed E-state index contributed by atoms with van der Waals surface area (Å²) in [6.45, 7) is 3.52. The van der Waals surface area contributed by atoms with Gasteiger partial charge in [-0.3, -0.25) is 9.69 Å². The second-order valence-corrected chi connectivity index (χ2v) is 7.33. The van der Waals surface area contributed by atoms with Crippen LogP contribution >= 0.6 is 11.6 Å². The minimum Gasteiger partial charge on any atom is -0.379 e. The molecular weight excluding hydrogens is 372 g/mol. The van der Waals surface area contributed by atoms with Crippen molar-refractivity contribution in [3.05, 3.63) is 82.9 Å². The van der Waals surface area contributed by atoms with Gasteiger partial charge >= 0.3 is 0 Å². The second kappa shape index (κ2) is 8.74. The van der Waals surface area contributed by atoms with Crippen LogP contribution in [0.3, 0.4) is 0 Å². The predicted octanol–water partition coefficient (Wildman–Crippen LogP) is 4.30. The number of fused-ring (bicyclic) bond motifs is 1. The number of ether oxygens (including phenoxy) is 1. The summed E-state index contributed by atoms with van der Waals surface area (Å²) in [4.78, 5) is 15.3. The molecule has 1 aliphatic heterocycles. The lowest BCUT2D eigenvalue weighted by Crippen LogP contribution is -2.44. The van der Waals surface area contributed by atoms with E-state index in [-0.39, 0.29) is 11.9 Å². The number of morpholine rings is 1. The molecule has 144 valence electrons. The minimum absolute atomic E-state index is 0.0107. The summed E-state index contributed by atoms with van der Waals surface area (Å²) in [7, 11) is 0. The van der Waals surface area contributed by atoms with Crippen LogP contribution in [0.1, 0.15) is 22.0 Å². The lowest BCUT2D eigenvalue weighted by Gasteiger charge is -2.35. The zero-order valence-corrected chi connectivity index (χ0v) is 16.4. The molecule has 28 heavy (non-hydrogen) atoms. The number of carbonyl (C=O) groups is 1. The van der Waals surface area contributed by atoms with Gasteiger partial charge in [-0.25, -0.2) is 0 Å². The summed E-state index contributed by atoms with van der Waals surface area (Å²) >= 11 is 6.48. The van der Waals surface area contributed by atoms with Crippen LogP contribution in [0.15, 0.2) is 66.7 Å². The Morgan fingerprint density at radius 1 is 1.00 bits per heavy atom. The van der Waals surface area contributed by atoms with E-state index in [4.69, 9.17) is 16.3 Å². The molecule has 0 bridgehead atoms. The molecule has 1 atom stereocenters. The van der Waals surface area contributed by atoms with Gasteiger partial charge in [-0.1, -0.05) is 66.2 Å². The third-order valence-electron chi connectivity index (χ3n) is 5.24. The summed E-state index contributed by atoms with van der Waals surface area (Å²) in [6.07, 6.45) is 0. The van der Waals surface area contributed by atoms with Gasteiger partial charge in [-0.15, -0.1) is 0 Å². The maximum absolute atomic E-state index is 13.0. The molecule has 3 aromatic rings. The quantitative estimate of drug-likeness (QED) is 0.701. The Labute approximate surface area is 170 Å². The molecule has 0 spiro atoms. The van der Waals surface area contributed by atoms with Crippen LogP contribution in [0.2, 0.25) is 5.02 Å². The van der Waals surface area contributed by atoms with Crippen molar-refractivity contribution in [3.63, 3.8) is 0 Å². The Hall–Kier alpha value is -2.40. The Bertz CT molecular complexity index is 964. The number of nitrogens with one attached hydrogen (secondary N) is 1. The highest BCUT2D eigenvalue weighted by Crippen LogP contribution is 2.28. The number of rotatable bonds is 5. The van der Waals surface area contributed by atoms with Crippen molar-refractivity contribution in [1.29, 1.82) is 0 Å². The van der Waals surface area contributed by atoms with E-state index < -0.39 is 0 Å². The van der Waals surface area contributed by atoms with E-state index in [0.29, 0.717) is 25.3 Å². The number of nitrogens with zero attached hydrogens (tertiary/aromatic N) is 1. The summed E-state index contributed by atoms with van der Waals surface area (Å²) in [5.74, 6) is -0.0675. The Balaban J connectivity index is 1.57. The van der Waals surface area contributed by atoms with Crippen LogP contribution in [0.25, 0.3) is 10.8 Å². The van der Waals surface area contributed by atoms with Gasteiger partial charge < -0.3 is 10.1 Å². The van der Waals surface area contributed by atoms with Crippen molar-refractivity contribution in [3.8, 4) is 0 Å². The molecule has 4 rings (SSSR count). The van der Waals surface area contributed by atoms with E-state index in [0.717, 1.165) is 34.4 Å². The highest BCUT2D eigenvalue weighted by molar-refractivity contribution is 6.31. The number of halogens is 1. The predicted molar refractivity (Wildman–Crippen MR) is 113 cm³/mol. The van der Waals surface area contributed by atoms with Gasteiger partial charge in [-0.2, -0.15) is 0 Å². The first kappa shape index (κ1) is 18.9. The third-order valence-corrected chi connectivity index (χ3v) is 5.59. The molecule has 1 aliphatic rings. The number of amides is 1. The highest BCUT2D eigenvalue weighted by Gasteiger charge is 2.25. The van der Waals surface area contributed by atoms with Gasteiger partial charge in [0.05, 0.1) is 19.3 Å². The van der Waals surface area contributed by atoms with E-state index in [9.17, 15) is 4.79 Å². The SMILES string of the molecule is O=C(NCC(c1ccccc1Cl)N1CCOCC1)c1cccc2ccccc12. The second-order valence-electron chi connectivity index (χ2n) is 6.92. The number of carbonyl (C=O) groups excluding carboxylic acids is 1. The molecule has 1 N–H and O–H groups in total. The summed E-state index contributed by atoms with van der Waals surface area (Å²) in [6, 6.07) is 21.6. The fourth-order valence-corrected chi connectivity index (χ4v) is 4.04. The standard InChI is InChI=1S/C23H23ClN2O2/c24-21-11-4-3-9-20(21)22(26-12-14-28-15-13-26)16-25-23(27)19-10-5-7-17-6-1-2-8-18(17)19/h1-11,22H,12-16H2,(H,25,27). The van der Waals surface area contributed by atoms with Crippen LogP contribution in [-0.2, 0) is 4.74 Å². The molecule has 1 saturated heterocycles. The molecule has 0 radical (unpaired) electrons. The van der Waals surface area contributed by atoms with Crippen LogP contribution in [0.4, 0.5) is 0 Å². The molecule has 3 aromatic carbocycles. The highest BCUT2D eigenvalue weighted by atomic mass is 35.5. The first-order valence-electron chi connectivity index (χ1n) is 9.56. The van der Waals surface area contributed by atoms with Crippen LogP contribution in [0.5, 0.6) is 0 Å². The Morgan fingerprint density at radius 3 is 2.54 bits per heavy atom. The number of hydrogen-bond acceptors (Lipinski definition) is 3. The van der Waals surface area contributed by atoms with E-state index in [2.05, 4.69) is 10.2 Å². The smallest absolute Gasteiger partial charge is 0.251 e. The first-order valence-corrected chi connectivity index (χ1v) is 9.94. The van der Waals surface area contributed by atoms with Crippen molar-refractivity contribution in [2.75, 3.05) is 32.8 Å². The molecule has 0 saturated carbocycles. The fourth-order valence-electron chi connectivity index (χ4n) is 3.78. The average Bonchev–Trinajstić information content (AvgIpc) is 2.75. The summed E-state index contributed by atoms with van der Waals surface area (Å²) < 4.78 is 5.50. The van der Waals surface area contributed by atoms with Gasteiger partial charge in [-0.05, 0) is 28.5 Å². The van der Waals surface area contributed by atoms with Crippen molar-refractivity contribution < 1.29 is 9.53 Å². The molecule has 1 amide bonds. The van der Waals surface area contributed by atoms with E-state index in [1.54, 1.807) is 0 Å². The largest absolute Gasteiger partial charge is 0.379 e. The van der Waals surface area contributed by atoms with Crippen molar-refractivity contribution in [2.45, 2.75) is 6.04 Å². The molecule has 1 unspecified atom stereocenters. The molecule has 4 nitrogen and oxygen atoms in total. The van der Waals surface area contributed by atoms with Gasteiger partial charge in [0, 0.05) is 30.2 Å². The lowest BCUT2D eigenvalue weighted by molar-refractivity contribution is 0.0162. The van der Waals surface area contributed by atoms with Gasteiger partial charge in [0.25, 0.3) is 5.91 Å². The maximum atomic E-state index is 13.0. The monoisotopic (exact) mass is 394 g/mol. The van der Waals surface area contributed by atoms with Crippen molar-refractivity contribution >= 4 is 28.3 Å². The van der Waals surface area contributed by atoms with Crippen LogP contribution in [0, 0.1) is 0 Å². The maximum Gasteiger partial charge on any atom is 0.251 e. The van der Waals surface area contributed by atoms with E-state index in [1.807, 2.05) is 66.7 Å². The minimum atomic E-state index is -0.0675. The zero-order valence-electron chi connectivity index (χ0n) is 15.6. The van der Waals surface area contributed by atoms with Crippen molar-refractivity contribution in [2.24, 2.45) is 0 Å². The average molecular weight is 395 g/mol. The number of hydrogen-bond donors (Lipinski definition) is 1. The molecule has 0 aromatic heterocycles. The lowest BCUT2D eigenvalue weighted by atomic mass is 10.0. The molecule has 5 heteroatoms. The topological polar surface area (TPSA) is 41.6 Å². The molecular formula is C23H23ClN2O2. The van der Waals surface area contributed by atoms with Gasteiger partial charge in [0.2, 0.25) is 0 Å². The van der Waals surface area contributed by atoms with Gasteiger partial charge in [0.15, 0.2) is 0 Å². The molecule has 1 heterocycles. The van der Waals surface area contributed by atoms with E-state index >= 15 is 0 Å². The van der Waals surface area contributed by atoms with Crippen molar-refractivity contribution in [1.82, 2.24) is 10.2 Å². The van der Waals surface area contributed by atoms with Crippen LogP contribution < -0.4 is 5.32 Å². The number of benzene rings is 3. The third kappa shape index (κ3) is 4.04.